The minimum atomic E-state index is 0.634. The quantitative estimate of drug-likeness (QED) is 0.154. The highest BCUT2D eigenvalue weighted by molar-refractivity contribution is 5.94. The Bertz CT molecular complexity index is 3190. The molecule has 2 aromatic heterocycles. The van der Waals surface area contributed by atoms with Gasteiger partial charge in [-0.25, -0.2) is 19.9 Å². The van der Waals surface area contributed by atoms with Crippen molar-refractivity contribution in [2.24, 2.45) is 0 Å². The van der Waals surface area contributed by atoms with Crippen molar-refractivity contribution >= 4 is 10.9 Å². The Balaban J connectivity index is 1.04. The number of benzene rings is 8. The normalized spacial score (nSPS) is 11.0. The van der Waals surface area contributed by atoms with Gasteiger partial charge >= 0.3 is 0 Å². The number of rotatable bonds is 8. The van der Waals surface area contributed by atoms with Gasteiger partial charge in [0.05, 0.1) is 34.2 Å². The lowest BCUT2D eigenvalue weighted by Gasteiger charge is -2.16. The van der Waals surface area contributed by atoms with Crippen molar-refractivity contribution in [2.75, 3.05) is 0 Å². The second-order valence-corrected chi connectivity index (χ2v) is 14.5. The Morgan fingerprint density at radius 1 is 0.317 bits per heavy atom. The summed E-state index contributed by atoms with van der Waals surface area (Å²) in [6.07, 6.45) is 0. The second kappa shape index (κ2) is 15.9. The van der Waals surface area contributed by atoms with Crippen molar-refractivity contribution < 1.29 is 0 Å². The van der Waals surface area contributed by atoms with Crippen molar-refractivity contribution in [3.63, 3.8) is 0 Å². The minimum Gasteiger partial charge on any atom is -0.228 e. The van der Waals surface area contributed by atoms with Gasteiger partial charge in [-0.05, 0) is 57.6 Å². The summed E-state index contributed by atoms with van der Waals surface area (Å²) in [5.41, 5.74) is 15.4. The van der Waals surface area contributed by atoms with Gasteiger partial charge < -0.3 is 0 Å². The fourth-order valence-corrected chi connectivity index (χ4v) is 7.78. The molecule has 0 amide bonds. The highest BCUT2D eigenvalue weighted by Crippen LogP contribution is 2.40. The fourth-order valence-electron chi connectivity index (χ4n) is 7.78. The Kier molecular flexibility index (Phi) is 9.55. The van der Waals surface area contributed by atoms with Crippen molar-refractivity contribution in [1.29, 1.82) is 5.26 Å². The van der Waals surface area contributed by atoms with E-state index >= 15 is 0 Å². The number of nitriles is 1. The first-order valence-corrected chi connectivity index (χ1v) is 19.9. The number of fused-ring (bicyclic) bond motifs is 1. The van der Waals surface area contributed by atoms with Crippen LogP contribution in [0.4, 0.5) is 0 Å². The molecule has 60 heavy (non-hydrogen) atoms. The van der Waals surface area contributed by atoms with Crippen LogP contribution in [0.15, 0.2) is 212 Å². The standard InChI is InChI=1S/C55H35N5/c56-36-37-14-13-19-44(34-37)38-26-30-40(31-27-38)51-35-52(59-54(58-51)42-17-5-2-6-18-42)48-23-10-9-22-47(48)46-21-8-7-20-45(46)39-28-32-43(33-29-39)55-57-50-25-12-11-24-49(50)53(60-55)41-15-3-1-4-16-41/h1-35H. The molecule has 0 saturated carbocycles. The monoisotopic (exact) mass is 765 g/mol. The maximum atomic E-state index is 9.45. The van der Waals surface area contributed by atoms with Gasteiger partial charge in [-0.1, -0.05) is 188 Å². The summed E-state index contributed by atoms with van der Waals surface area (Å²) in [5, 5.41) is 10.5. The molecular weight excluding hydrogens is 731 g/mol. The predicted octanol–water partition coefficient (Wildman–Crippen LogP) is 13.6. The van der Waals surface area contributed by atoms with E-state index < -0.39 is 0 Å². The summed E-state index contributed by atoms with van der Waals surface area (Å²) < 4.78 is 0. The zero-order chi connectivity index (χ0) is 40.3. The molecule has 0 unspecified atom stereocenters. The Hall–Kier alpha value is -8.33. The largest absolute Gasteiger partial charge is 0.228 e. The molecular formula is C55H35N5. The van der Waals surface area contributed by atoms with Gasteiger partial charge in [0.25, 0.3) is 0 Å². The molecule has 280 valence electrons. The molecule has 0 fully saturated rings. The SMILES string of the molecule is N#Cc1cccc(-c2ccc(-c3cc(-c4ccccc4-c4ccccc4-c4ccc(-c5nc(-c6ccccc6)c6ccccc6n5)cc4)nc(-c4ccccc4)n3)cc2)c1. The van der Waals surface area contributed by atoms with Gasteiger partial charge in [0.15, 0.2) is 11.6 Å². The topological polar surface area (TPSA) is 75.3 Å². The van der Waals surface area contributed by atoms with Crippen LogP contribution in [0.25, 0.3) is 101 Å². The number of nitrogens with zero attached hydrogens (tertiary/aromatic N) is 5. The van der Waals surface area contributed by atoms with Crippen LogP contribution in [0.3, 0.4) is 0 Å². The van der Waals surface area contributed by atoms with Crippen LogP contribution in [-0.2, 0) is 0 Å². The average Bonchev–Trinajstić information content (AvgIpc) is 3.34. The molecule has 10 rings (SSSR count). The maximum Gasteiger partial charge on any atom is 0.160 e. The van der Waals surface area contributed by atoms with Crippen molar-refractivity contribution in [2.45, 2.75) is 0 Å². The van der Waals surface area contributed by atoms with Crippen LogP contribution in [-0.4, -0.2) is 19.9 Å². The number of para-hydroxylation sites is 1. The van der Waals surface area contributed by atoms with Gasteiger partial charge in [0.1, 0.15) is 0 Å². The second-order valence-electron chi connectivity index (χ2n) is 14.5. The molecule has 0 N–H and O–H groups in total. The first-order valence-electron chi connectivity index (χ1n) is 19.9. The van der Waals surface area contributed by atoms with Crippen LogP contribution in [0.2, 0.25) is 0 Å². The van der Waals surface area contributed by atoms with Crippen LogP contribution in [0, 0.1) is 11.3 Å². The zero-order valence-corrected chi connectivity index (χ0v) is 32.4. The molecule has 0 atom stereocenters. The summed E-state index contributed by atoms with van der Waals surface area (Å²) in [6.45, 7) is 0. The molecule has 5 heteroatoms. The molecule has 0 bridgehead atoms. The molecule has 8 aromatic carbocycles. The van der Waals surface area contributed by atoms with E-state index in [-0.39, 0.29) is 0 Å². The summed E-state index contributed by atoms with van der Waals surface area (Å²) in [6, 6.07) is 74.5. The minimum absolute atomic E-state index is 0.634. The van der Waals surface area contributed by atoms with E-state index in [4.69, 9.17) is 19.9 Å². The smallest absolute Gasteiger partial charge is 0.160 e. The molecule has 0 aliphatic rings. The highest BCUT2D eigenvalue weighted by atomic mass is 14.9. The first kappa shape index (κ1) is 36.0. The number of hydrogen-bond donors (Lipinski definition) is 0. The Morgan fingerprint density at radius 2 is 0.833 bits per heavy atom. The van der Waals surface area contributed by atoms with E-state index in [2.05, 4.69) is 127 Å². The third-order valence-corrected chi connectivity index (χ3v) is 10.8. The summed E-state index contributed by atoms with van der Waals surface area (Å²) in [5.74, 6) is 1.34. The molecule has 0 radical (unpaired) electrons. The molecule has 0 spiro atoms. The van der Waals surface area contributed by atoms with E-state index in [0.29, 0.717) is 17.2 Å². The fraction of sp³-hybridized carbons (Fsp3) is 0. The van der Waals surface area contributed by atoms with E-state index in [0.717, 1.165) is 89.2 Å². The Morgan fingerprint density at radius 3 is 1.57 bits per heavy atom. The van der Waals surface area contributed by atoms with Crippen molar-refractivity contribution in [3.8, 4) is 96.0 Å². The number of hydrogen-bond acceptors (Lipinski definition) is 5. The van der Waals surface area contributed by atoms with Crippen molar-refractivity contribution in [1.82, 2.24) is 19.9 Å². The lowest BCUT2D eigenvalue weighted by molar-refractivity contribution is 1.18. The average molecular weight is 766 g/mol. The highest BCUT2D eigenvalue weighted by Gasteiger charge is 2.17. The summed E-state index contributed by atoms with van der Waals surface area (Å²) in [7, 11) is 0. The van der Waals surface area contributed by atoms with E-state index in [1.807, 2.05) is 91.0 Å². The lowest BCUT2D eigenvalue weighted by atomic mass is 9.90. The van der Waals surface area contributed by atoms with Crippen molar-refractivity contribution in [3.05, 3.63) is 218 Å². The van der Waals surface area contributed by atoms with Crippen LogP contribution in [0.1, 0.15) is 5.56 Å². The van der Waals surface area contributed by atoms with E-state index in [1.165, 1.54) is 0 Å². The van der Waals surface area contributed by atoms with Crippen LogP contribution >= 0.6 is 0 Å². The number of aromatic nitrogens is 4. The molecule has 10 aromatic rings. The predicted molar refractivity (Wildman–Crippen MR) is 243 cm³/mol. The van der Waals surface area contributed by atoms with Gasteiger partial charge in [-0.15, -0.1) is 0 Å². The maximum absolute atomic E-state index is 9.45. The van der Waals surface area contributed by atoms with Gasteiger partial charge in [0.2, 0.25) is 0 Å². The first-order chi connectivity index (χ1) is 29.7. The molecule has 5 nitrogen and oxygen atoms in total. The van der Waals surface area contributed by atoms with Crippen LogP contribution in [0.5, 0.6) is 0 Å². The molecule has 0 aliphatic carbocycles. The molecule has 0 aliphatic heterocycles. The Labute approximate surface area is 348 Å². The zero-order valence-electron chi connectivity index (χ0n) is 32.4. The van der Waals surface area contributed by atoms with Gasteiger partial charge in [0, 0.05) is 33.2 Å². The molecule has 0 saturated heterocycles. The van der Waals surface area contributed by atoms with Gasteiger partial charge in [-0.2, -0.15) is 5.26 Å². The van der Waals surface area contributed by atoms with E-state index in [1.54, 1.807) is 0 Å². The van der Waals surface area contributed by atoms with Crippen LogP contribution < -0.4 is 0 Å². The summed E-state index contributed by atoms with van der Waals surface area (Å²) in [4.78, 5) is 20.4. The third-order valence-electron chi connectivity index (χ3n) is 10.8. The van der Waals surface area contributed by atoms with E-state index in [9.17, 15) is 5.26 Å². The lowest BCUT2D eigenvalue weighted by Crippen LogP contribution is -1.97. The summed E-state index contributed by atoms with van der Waals surface area (Å²) >= 11 is 0. The third kappa shape index (κ3) is 7.11. The van der Waals surface area contributed by atoms with Gasteiger partial charge in [-0.3, -0.25) is 0 Å². The molecule has 2 heterocycles.